The van der Waals surface area contributed by atoms with E-state index in [1.807, 2.05) is 6.92 Å². The van der Waals surface area contributed by atoms with Crippen LogP contribution < -0.4 is 11.1 Å². The Hall–Kier alpha value is -1.12. The smallest absolute Gasteiger partial charge is 0.235 e. The van der Waals surface area contributed by atoms with Crippen molar-refractivity contribution in [3.05, 3.63) is 0 Å². The van der Waals surface area contributed by atoms with Gasteiger partial charge in [0, 0.05) is 12.6 Å². The quantitative estimate of drug-likeness (QED) is 0.772. The monoisotopic (exact) mass is 292 g/mol. The van der Waals surface area contributed by atoms with E-state index in [0.29, 0.717) is 25.0 Å². The fourth-order valence-corrected chi connectivity index (χ4v) is 3.40. The summed E-state index contributed by atoms with van der Waals surface area (Å²) in [4.78, 5) is 14.5. The van der Waals surface area contributed by atoms with Crippen LogP contribution in [-0.4, -0.2) is 42.0 Å². The van der Waals surface area contributed by atoms with Crippen LogP contribution in [0.15, 0.2) is 0 Å². The Morgan fingerprint density at radius 1 is 1.48 bits per heavy atom. The molecule has 1 aliphatic carbocycles. The van der Waals surface area contributed by atoms with Crippen LogP contribution in [0.4, 0.5) is 0 Å². The minimum Gasteiger partial charge on any atom is -0.337 e. The van der Waals surface area contributed by atoms with E-state index in [0.717, 1.165) is 38.1 Å². The number of nitrogens with zero attached hydrogens (tertiary/aromatic N) is 2. The number of nitrogens with one attached hydrogen (secondary N) is 1. The van der Waals surface area contributed by atoms with E-state index < -0.39 is 5.54 Å². The molecule has 3 atom stereocenters. The molecule has 3 N–H and O–H groups in total. The highest BCUT2D eigenvalue weighted by molar-refractivity contribution is 5.79. The lowest BCUT2D eigenvalue weighted by atomic mass is 9.89. The van der Waals surface area contributed by atoms with Gasteiger partial charge in [0.2, 0.25) is 5.91 Å². The number of nitrogens with two attached hydrogens (primary N) is 1. The number of piperidine rings is 1. The minimum atomic E-state index is -0.697. The van der Waals surface area contributed by atoms with Crippen molar-refractivity contribution >= 4 is 5.91 Å². The van der Waals surface area contributed by atoms with Crippen LogP contribution in [0.5, 0.6) is 0 Å². The summed E-state index contributed by atoms with van der Waals surface area (Å²) >= 11 is 0. The molecule has 0 aromatic carbocycles. The number of carbonyl (C=O) groups is 1. The highest BCUT2D eigenvalue weighted by Gasteiger charge is 2.43. The summed E-state index contributed by atoms with van der Waals surface area (Å²) < 4.78 is 0. The predicted molar refractivity (Wildman–Crippen MR) is 82.3 cm³/mol. The summed E-state index contributed by atoms with van der Waals surface area (Å²) in [5.74, 6) is 1.01. The van der Waals surface area contributed by atoms with Crippen molar-refractivity contribution < 1.29 is 4.79 Å². The SMILES string of the molecule is CCC1CCN(CC(=O)NC(C)(C#N)C2CC2)C(CN)C1. The Morgan fingerprint density at radius 3 is 2.71 bits per heavy atom. The van der Waals surface area contributed by atoms with Crippen molar-refractivity contribution in [3.8, 4) is 6.07 Å². The second-order valence-electron chi connectivity index (χ2n) is 6.80. The molecule has 0 radical (unpaired) electrons. The maximum atomic E-state index is 12.3. The molecule has 2 aliphatic rings. The maximum absolute atomic E-state index is 12.3. The van der Waals surface area contributed by atoms with Gasteiger partial charge in [-0.2, -0.15) is 5.26 Å². The number of likely N-dealkylation sites (tertiary alicyclic amines) is 1. The van der Waals surface area contributed by atoms with Crippen LogP contribution in [0.25, 0.3) is 0 Å². The van der Waals surface area contributed by atoms with E-state index >= 15 is 0 Å². The van der Waals surface area contributed by atoms with Gasteiger partial charge in [0.25, 0.3) is 0 Å². The molecule has 1 amide bonds. The second-order valence-corrected chi connectivity index (χ2v) is 6.80. The van der Waals surface area contributed by atoms with Crippen molar-refractivity contribution in [2.75, 3.05) is 19.6 Å². The molecule has 0 aromatic rings. The zero-order valence-corrected chi connectivity index (χ0v) is 13.3. The van der Waals surface area contributed by atoms with Gasteiger partial charge in [-0.3, -0.25) is 9.69 Å². The van der Waals surface area contributed by atoms with Crippen molar-refractivity contribution in [3.63, 3.8) is 0 Å². The Bertz CT molecular complexity index is 415. The Morgan fingerprint density at radius 2 is 2.19 bits per heavy atom. The second kappa shape index (κ2) is 6.76. The summed E-state index contributed by atoms with van der Waals surface area (Å²) in [6.07, 6.45) is 5.48. The molecule has 118 valence electrons. The van der Waals surface area contributed by atoms with Gasteiger partial charge in [0.1, 0.15) is 5.54 Å². The van der Waals surface area contributed by atoms with Gasteiger partial charge in [-0.1, -0.05) is 13.3 Å². The van der Waals surface area contributed by atoms with Crippen LogP contribution in [0.3, 0.4) is 0 Å². The molecule has 0 bridgehead atoms. The molecule has 1 heterocycles. The maximum Gasteiger partial charge on any atom is 0.235 e. The number of rotatable bonds is 6. The molecular formula is C16H28N4O. The summed E-state index contributed by atoms with van der Waals surface area (Å²) in [5, 5.41) is 12.3. The van der Waals surface area contributed by atoms with E-state index in [1.54, 1.807) is 0 Å². The molecule has 0 spiro atoms. The first-order chi connectivity index (χ1) is 10.0. The highest BCUT2D eigenvalue weighted by atomic mass is 16.2. The lowest BCUT2D eigenvalue weighted by Gasteiger charge is -2.38. The molecule has 21 heavy (non-hydrogen) atoms. The predicted octanol–water partition coefficient (Wildman–Crippen LogP) is 1.24. The van der Waals surface area contributed by atoms with Gasteiger partial charge >= 0.3 is 0 Å². The third-order valence-corrected chi connectivity index (χ3v) is 5.17. The number of hydrogen-bond donors (Lipinski definition) is 2. The minimum absolute atomic E-state index is 0.0423. The van der Waals surface area contributed by atoms with Crippen LogP contribution in [0, 0.1) is 23.2 Å². The number of carbonyl (C=O) groups excluding carboxylic acids is 1. The molecule has 1 saturated heterocycles. The lowest BCUT2D eigenvalue weighted by molar-refractivity contribution is -0.124. The first-order valence-electron chi connectivity index (χ1n) is 8.18. The first-order valence-corrected chi connectivity index (χ1v) is 8.18. The lowest BCUT2D eigenvalue weighted by Crippen LogP contribution is -2.54. The van der Waals surface area contributed by atoms with Crippen molar-refractivity contribution in [1.82, 2.24) is 10.2 Å². The Balaban J connectivity index is 1.88. The van der Waals surface area contributed by atoms with E-state index in [2.05, 4.69) is 23.2 Å². The standard InChI is InChI=1S/C16H28N4O/c1-3-12-6-7-20(14(8-12)9-17)10-15(21)19-16(2,11-18)13-4-5-13/h12-14H,3-10,17H2,1-2H3,(H,19,21). The van der Waals surface area contributed by atoms with Crippen molar-refractivity contribution in [1.29, 1.82) is 5.26 Å². The fourth-order valence-electron chi connectivity index (χ4n) is 3.40. The van der Waals surface area contributed by atoms with Crippen LogP contribution in [0.1, 0.15) is 46.0 Å². The van der Waals surface area contributed by atoms with E-state index in [4.69, 9.17) is 5.73 Å². The normalized spacial score (nSPS) is 29.4. The number of hydrogen-bond acceptors (Lipinski definition) is 4. The number of nitriles is 1. The molecule has 0 aromatic heterocycles. The van der Waals surface area contributed by atoms with Gasteiger partial charge in [0.05, 0.1) is 12.6 Å². The first kappa shape index (κ1) is 16.3. The molecule has 5 heteroatoms. The zero-order valence-electron chi connectivity index (χ0n) is 13.3. The molecule has 3 unspecified atom stereocenters. The van der Waals surface area contributed by atoms with Crippen LogP contribution >= 0.6 is 0 Å². The molecular weight excluding hydrogens is 264 g/mol. The number of amides is 1. The van der Waals surface area contributed by atoms with E-state index in [-0.39, 0.29) is 5.91 Å². The zero-order chi connectivity index (χ0) is 15.5. The summed E-state index contributed by atoms with van der Waals surface area (Å²) in [6.45, 7) is 5.95. The third-order valence-electron chi connectivity index (χ3n) is 5.17. The summed E-state index contributed by atoms with van der Waals surface area (Å²) in [6, 6.07) is 2.57. The molecule has 2 rings (SSSR count). The van der Waals surface area contributed by atoms with Gasteiger partial charge in [-0.15, -0.1) is 0 Å². The average Bonchev–Trinajstić information content (AvgIpc) is 3.32. The fraction of sp³-hybridized carbons (Fsp3) is 0.875. The Labute approximate surface area is 127 Å². The topological polar surface area (TPSA) is 82.2 Å². The Kier molecular flexibility index (Phi) is 5.23. The molecule has 1 saturated carbocycles. The molecule has 1 aliphatic heterocycles. The van der Waals surface area contributed by atoms with Gasteiger partial charge in [-0.05, 0) is 51.0 Å². The van der Waals surface area contributed by atoms with Gasteiger partial charge < -0.3 is 11.1 Å². The van der Waals surface area contributed by atoms with E-state index in [1.165, 1.54) is 6.42 Å². The van der Waals surface area contributed by atoms with E-state index in [9.17, 15) is 10.1 Å². The van der Waals surface area contributed by atoms with Crippen molar-refractivity contribution in [2.45, 2.75) is 57.5 Å². The largest absolute Gasteiger partial charge is 0.337 e. The van der Waals surface area contributed by atoms with Gasteiger partial charge in [0.15, 0.2) is 0 Å². The molecule has 5 nitrogen and oxygen atoms in total. The van der Waals surface area contributed by atoms with Crippen LogP contribution in [-0.2, 0) is 4.79 Å². The van der Waals surface area contributed by atoms with Crippen LogP contribution in [0.2, 0.25) is 0 Å². The summed E-state index contributed by atoms with van der Waals surface area (Å²) in [7, 11) is 0. The summed E-state index contributed by atoms with van der Waals surface area (Å²) in [5.41, 5.74) is 5.17. The highest BCUT2D eigenvalue weighted by Crippen LogP contribution is 2.39. The molecule has 2 fully saturated rings. The van der Waals surface area contributed by atoms with Crippen molar-refractivity contribution in [2.24, 2.45) is 17.6 Å². The average molecular weight is 292 g/mol. The third kappa shape index (κ3) is 3.96. The van der Waals surface area contributed by atoms with Gasteiger partial charge in [-0.25, -0.2) is 0 Å².